The summed E-state index contributed by atoms with van der Waals surface area (Å²) < 4.78 is 8.02. The van der Waals surface area contributed by atoms with E-state index in [1.165, 1.54) is 5.56 Å². The van der Waals surface area contributed by atoms with Crippen molar-refractivity contribution in [2.24, 2.45) is 0 Å². The first-order valence-corrected chi connectivity index (χ1v) is 8.92. The van der Waals surface area contributed by atoms with Gasteiger partial charge in [0.25, 0.3) is 0 Å². The van der Waals surface area contributed by atoms with Crippen LogP contribution in [0.4, 0.5) is 4.79 Å². The molecule has 1 fully saturated rings. The quantitative estimate of drug-likeness (QED) is 0.787. The molecular formula is C19H26N4O2. The number of imidazole rings is 1. The third-order valence-corrected chi connectivity index (χ3v) is 4.40. The summed E-state index contributed by atoms with van der Waals surface area (Å²) in [4.78, 5) is 18.2. The first-order chi connectivity index (χ1) is 12.2. The minimum Gasteiger partial charge on any atom is -0.487 e. The van der Waals surface area contributed by atoms with Gasteiger partial charge in [0, 0.05) is 31.9 Å². The van der Waals surface area contributed by atoms with E-state index in [0.717, 1.165) is 31.0 Å². The molecule has 25 heavy (non-hydrogen) atoms. The van der Waals surface area contributed by atoms with Crippen molar-refractivity contribution in [1.82, 2.24) is 19.8 Å². The van der Waals surface area contributed by atoms with E-state index in [0.29, 0.717) is 19.6 Å². The lowest BCUT2D eigenvalue weighted by atomic mass is 10.1. The number of hydrogen-bond donors (Lipinski definition) is 1. The molecule has 6 nitrogen and oxygen atoms in total. The van der Waals surface area contributed by atoms with Crippen molar-refractivity contribution in [3.63, 3.8) is 0 Å². The summed E-state index contributed by atoms with van der Waals surface area (Å²) in [5, 5.41) is 2.98. The maximum absolute atomic E-state index is 12.1. The summed E-state index contributed by atoms with van der Waals surface area (Å²) in [6.07, 6.45) is 5.72. The first-order valence-electron chi connectivity index (χ1n) is 8.92. The van der Waals surface area contributed by atoms with Crippen LogP contribution in [-0.2, 0) is 13.0 Å². The molecule has 134 valence electrons. The Bertz CT molecular complexity index is 707. The second-order valence-corrected chi connectivity index (χ2v) is 6.44. The van der Waals surface area contributed by atoms with Gasteiger partial charge in [0.1, 0.15) is 17.7 Å². The van der Waals surface area contributed by atoms with Crippen molar-refractivity contribution in [3.8, 4) is 5.75 Å². The summed E-state index contributed by atoms with van der Waals surface area (Å²) >= 11 is 0. The van der Waals surface area contributed by atoms with Crippen molar-refractivity contribution in [2.75, 3.05) is 19.6 Å². The van der Waals surface area contributed by atoms with Crippen LogP contribution in [0.1, 0.15) is 24.7 Å². The molecule has 0 unspecified atom stereocenters. The van der Waals surface area contributed by atoms with Gasteiger partial charge in [-0.25, -0.2) is 9.78 Å². The number of likely N-dealkylation sites (tertiary alicyclic amines) is 1. The number of aromatic nitrogens is 2. The van der Waals surface area contributed by atoms with Crippen LogP contribution in [0.5, 0.6) is 5.75 Å². The lowest BCUT2D eigenvalue weighted by Crippen LogP contribution is -2.59. The number of amides is 2. The summed E-state index contributed by atoms with van der Waals surface area (Å²) in [6, 6.07) is 7.99. The van der Waals surface area contributed by atoms with Crippen LogP contribution in [0.15, 0.2) is 36.7 Å². The number of aryl methyl sites for hydroxylation is 3. The molecule has 1 aromatic heterocycles. The Balaban J connectivity index is 1.32. The van der Waals surface area contributed by atoms with Crippen LogP contribution in [0.25, 0.3) is 0 Å². The fourth-order valence-corrected chi connectivity index (χ4v) is 2.97. The Morgan fingerprint density at radius 3 is 3.00 bits per heavy atom. The molecule has 1 aromatic carbocycles. The average molecular weight is 342 g/mol. The fourth-order valence-electron chi connectivity index (χ4n) is 2.97. The highest BCUT2D eigenvalue weighted by Gasteiger charge is 2.32. The molecule has 0 saturated carbocycles. The van der Waals surface area contributed by atoms with Crippen LogP contribution in [-0.4, -0.2) is 46.2 Å². The van der Waals surface area contributed by atoms with Crippen molar-refractivity contribution < 1.29 is 9.53 Å². The molecule has 2 heterocycles. The van der Waals surface area contributed by atoms with Crippen molar-refractivity contribution in [3.05, 3.63) is 48.0 Å². The summed E-state index contributed by atoms with van der Waals surface area (Å²) in [5.74, 6) is 1.96. The second kappa shape index (κ2) is 8.05. The standard InChI is InChI=1S/C19H26N4O2/c1-3-18-20-9-11-22(18)10-5-8-21-19(24)23-13-17(14-23)25-16-7-4-6-15(2)12-16/h4,6-7,9,11-12,17H,3,5,8,10,13-14H2,1-2H3,(H,21,24). The Labute approximate surface area is 148 Å². The average Bonchev–Trinajstić information content (AvgIpc) is 3.02. The zero-order valence-electron chi connectivity index (χ0n) is 14.9. The Morgan fingerprint density at radius 2 is 2.24 bits per heavy atom. The molecule has 1 N–H and O–H groups in total. The molecule has 3 rings (SSSR count). The molecule has 2 aromatic rings. The van der Waals surface area contributed by atoms with Crippen LogP contribution < -0.4 is 10.1 Å². The maximum atomic E-state index is 12.1. The minimum atomic E-state index is -0.00885. The van der Waals surface area contributed by atoms with Gasteiger partial charge in [0.05, 0.1) is 13.1 Å². The molecule has 1 aliphatic rings. The first kappa shape index (κ1) is 17.3. The van der Waals surface area contributed by atoms with Gasteiger partial charge in [-0.05, 0) is 31.0 Å². The monoisotopic (exact) mass is 342 g/mol. The lowest BCUT2D eigenvalue weighted by Gasteiger charge is -2.38. The van der Waals surface area contributed by atoms with Gasteiger partial charge < -0.3 is 19.5 Å². The van der Waals surface area contributed by atoms with E-state index < -0.39 is 0 Å². The smallest absolute Gasteiger partial charge is 0.317 e. The predicted molar refractivity (Wildman–Crippen MR) is 96.8 cm³/mol. The SMILES string of the molecule is CCc1nccn1CCCNC(=O)N1CC(Oc2cccc(C)c2)C1. The van der Waals surface area contributed by atoms with Gasteiger partial charge in [-0.15, -0.1) is 0 Å². The van der Waals surface area contributed by atoms with E-state index >= 15 is 0 Å². The van der Waals surface area contributed by atoms with E-state index in [1.807, 2.05) is 43.6 Å². The number of carbonyl (C=O) groups is 1. The van der Waals surface area contributed by atoms with Gasteiger partial charge in [0.15, 0.2) is 0 Å². The Morgan fingerprint density at radius 1 is 1.40 bits per heavy atom. The van der Waals surface area contributed by atoms with E-state index in [1.54, 1.807) is 4.90 Å². The number of nitrogens with one attached hydrogen (secondary N) is 1. The highest BCUT2D eigenvalue weighted by Crippen LogP contribution is 2.19. The molecule has 0 radical (unpaired) electrons. The number of hydrogen-bond acceptors (Lipinski definition) is 3. The van der Waals surface area contributed by atoms with Crippen LogP contribution >= 0.6 is 0 Å². The zero-order chi connectivity index (χ0) is 17.6. The number of urea groups is 1. The molecule has 0 aliphatic carbocycles. The normalized spacial score (nSPS) is 14.2. The highest BCUT2D eigenvalue weighted by molar-refractivity contribution is 5.75. The van der Waals surface area contributed by atoms with Crippen LogP contribution in [0, 0.1) is 6.92 Å². The van der Waals surface area contributed by atoms with E-state index in [2.05, 4.69) is 21.8 Å². The van der Waals surface area contributed by atoms with Crippen LogP contribution in [0.2, 0.25) is 0 Å². The zero-order valence-corrected chi connectivity index (χ0v) is 14.9. The molecule has 6 heteroatoms. The molecule has 0 atom stereocenters. The summed E-state index contributed by atoms with van der Waals surface area (Å²) in [6.45, 7) is 6.96. The number of carbonyl (C=O) groups excluding carboxylic acids is 1. The molecule has 2 amide bonds. The van der Waals surface area contributed by atoms with Crippen molar-refractivity contribution in [1.29, 1.82) is 0 Å². The molecule has 0 bridgehead atoms. The van der Waals surface area contributed by atoms with Crippen LogP contribution in [0.3, 0.4) is 0 Å². The lowest BCUT2D eigenvalue weighted by molar-refractivity contribution is 0.0444. The molecule has 1 aliphatic heterocycles. The van der Waals surface area contributed by atoms with Gasteiger partial charge in [0.2, 0.25) is 0 Å². The predicted octanol–water partition coefficient (Wildman–Crippen LogP) is 2.62. The van der Waals surface area contributed by atoms with E-state index in [4.69, 9.17) is 4.74 Å². The van der Waals surface area contributed by atoms with Gasteiger partial charge in [-0.1, -0.05) is 19.1 Å². The second-order valence-electron chi connectivity index (χ2n) is 6.44. The van der Waals surface area contributed by atoms with Gasteiger partial charge >= 0.3 is 6.03 Å². The number of benzene rings is 1. The number of ether oxygens (including phenoxy) is 1. The Kier molecular flexibility index (Phi) is 5.58. The topological polar surface area (TPSA) is 59.4 Å². The van der Waals surface area contributed by atoms with E-state index in [-0.39, 0.29) is 12.1 Å². The van der Waals surface area contributed by atoms with Crippen molar-refractivity contribution in [2.45, 2.75) is 39.3 Å². The Hall–Kier alpha value is -2.50. The van der Waals surface area contributed by atoms with Crippen molar-refractivity contribution >= 4 is 6.03 Å². The van der Waals surface area contributed by atoms with E-state index in [9.17, 15) is 4.79 Å². The third-order valence-electron chi connectivity index (χ3n) is 4.40. The molecule has 0 spiro atoms. The third kappa shape index (κ3) is 4.53. The summed E-state index contributed by atoms with van der Waals surface area (Å²) in [7, 11) is 0. The number of nitrogens with zero attached hydrogens (tertiary/aromatic N) is 3. The number of rotatable bonds is 7. The van der Waals surface area contributed by atoms with Gasteiger partial charge in [-0.2, -0.15) is 0 Å². The largest absolute Gasteiger partial charge is 0.487 e. The summed E-state index contributed by atoms with van der Waals surface area (Å²) in [5.41, 5.74) is 1.18. The maximum Gasteiger partial charge on any atom is 0.317 e. The molecular weight excluding hydrogens is 316 g/mol. The highest BCUT2D eigenvalue weighted by atomic mass is 16.5. The minimum absolute atomic E-state index is 0.00885. The molecule has 1 saturated heterocycles. The fraction of sp³-hybridized carbons (Fsp3) is 0.474. The van der Waals surface area contributed by atoms with Gasteiger partial charge in [-0.3, -0.25) is 0 Å².